The maximum Gasteiger partial charge on any atom is 0.111 e. The minimum Gasteiger partial charge on any atom is -0.390 e. The molecule has 5 atom stereocenters. The Labute approximate surface area is 106 Å². The van der Waals surface area contributed by atoms with Gasteiger partial charge in [-0.15, -0.1) is 0 Å². The van der Waals surface area contributed by atoms with Crippen molar-refractivity contribution in [3.63, 3.8) is 0 Å². The SMILES string of the molecule is CC.CC.CO[C@@H]1[C@@H](O)[C@H](C)C[C@H](N)[C@H]1OC. The fourth-order valence-corrected chi connectivity index (χ4v) is 2.05. The molecule has 1 fully saturated rings. The van der Waals surface area contributed by atoms with Crippen molar-refractivity contribution in [1.29, 1.82) is 0 Å². The van der Waals surface area contributed by atoms with E-state index in [0.29, 0.717) is 0 Å². The highest BCUT2D eigenvalue weighted by Gasteiger charge is 2.41. The van der Waals surface area contributed by atoms with Crippen LogP contribution in [0.3, 0.4) is 0 Å². The smallest absolute Gasteiger partial charge is 0.111 e. The molecule has 1 aliphatic carbocycles. The molecule has 1 rings (SSSR count). The van der Waals surface area contributed by atoms with Crippen LogP contribution in [0.5, 0.6) is 0 Å². The average Bonchev–Trinajstić information content (AvgIpc) is 2.38. The van der Waals surface area contributed by atoms with Crippen LogP contribution in [-0.4, -0.2) is 43.7 Å². The number of hydrogen-bond donors (Lipinski definition) is 2. The van der Waals surface area contributed by atoms with Gasteiger partial charge in [0.05, 0.1) is 6.10 Å². The normalized spacial score (nSPS) is 36.2. The van der Waals surface area contributed by atoms with Gasteiger partial charge in [0.2, 0.25) is 0 Å². The topological polar surface area (TPSA) is 64.7 Å². The van der Waals surface area contributed by atoms with E-state index in [1.54, 1.807) is 14.2 Å². The van der Waals surface area contributed by atoms with E-state index >= 15 is 0 Å². The van der Waals surface area contributed by atoms with Crippen molar-refractivity contribution in [1.82, 2.24) is 0 Å². The van der Waals surface area contributed by atoms with Crippen molar-refractivity contribution in [3.8, 4) is 0 Å². The van der Waals surface area contributed by atoms with Gasteiger partial charge in [0.1, 0.15) is 12.2 Å². The summed E-state index contributed by atoms with van der Waals surface area (Å²) in [6, 6.07) is -0.0478. The summed E-state index contributed by atoms with van der Waals surface area (Å²) >= 11 is 0. The van der Waals surface area contributed by atoms with Gasteiger partial charge >= 0.3 is 0 Å². The van der Waals surface area contributed by atoms with Gasteiger partial charge in [-0.05, 0) is 12.3 Å². The Hall–Kier alpha value is -0.160. The third-order valence-corrected chi connectivity index (χ3v) is 2.85. The Morgan fingerprint density at radius 1 is 1.00 bits per heavy atom. The minimum absolute atomic E-state index is 0.0478. The van der Waals surface area contributed by atoms with Crippen LogP contribution < -0.4 is 5.73 Å². The molecule has 0 aliphatic heterocycles. The first-order valence-electron chi connectivity index (χ1n) is 6.61. The van der Waals surface area contributed by atoms with Crippen LogP contribution >= 0.6 is 0 Å². The lowest BCUT2D eigenvalue weighted by Crippen LogP contribution is -2.57. The summed E-state index contributed by atoms with van der Waals surface area (Å²) < 4.78 is 10.4. The zero-order valence-electron chi connectivity index (χ0n) is 12.4. The molecule has 17 heavy (non-hydrogen) atoms. The minimum atomic E-state index is -0.477. The molecule has 4 heteroatoms. The van der Waals surface area contributed by atoms with Crippen LogP contribution in [0.15, 0.2) is 0 Å². The third kappa shape index (κ3) is 5.34. The first-order valence-corrected chi connectivity index (χ1v) is 6.61. The molecule has 0 bridgehead atoms. The molecule has 0 saturated heterocycles. The van der Waals surface area contributed by atoms with E-state index in [1.165, 1.54) is 0 Å². The Balaban J connectivity index is 0. The summed E-state index contributed by atoms with van der Waals surface area (Å²) in [4.78, 5) is 0. The highest BCUT2D eigenvalue weighted by atomic mass is 16.5. The molecule has 0 radical (unpaired) electrons. The summed E-state index contributed by atoms with van der Waals surface area (Å²) in [7, 11) is 3.17. The second-order valence-corrected chi connectivity index (χ2v) is 3.77. The van der Waals surface area contributed by atoms with Crippen LogP contribution in [0.1, 0.15) is 41.0 Å². The first-order chi connectivity index (χ1) is 8.11. The van der Waals surface area contributed by atoms with Crippen molar-refractivity contribution in [2.45, 2.75) is 65.4 Å². The standard InChI is InChI=1S/C9H19NO3.2C2H6/c1-5-4-6(10)8(12-2)9(13-3)7(5)11;2*1-2/h5-9,11H,4,10H2,1-3H3;2*1-2H3/t5-,6+,7+,8-,9-;;/m1../s1. The van der Waals surface area contributed by atoms with Crippen molar-refractivity contribution >= 4 is 0 Å². The Bertz CT molecular complexity index is 167. The molecule has 3 N–H and O–H groups in total. The highest BCUT2D eigenvalue weighted by Crippen LogP contribution is 2.27. The predicted octanol–water partition coefficient (Wildman–Crippen LogP) is 1.80. The molecular weight excluding hydrogens is 218 g/mol. The number of nitrogens with two attached hydrogens (primary N) is 1. The summed E-state index contributed by atoms with van der Waals surface area (Å²) in [6.45, 7) is 9.97. The van der Waals surface area contributed by atoms with Crippen LogP contribution in [0.4, 0.5) is 0 Å². The summed E-state index contributed by atoms with van der Waals surface area (Å²) in [5.41, 5.74) is 5.89. The first kappa shape index (κ1) is 19.2. The van der Waals surface area contributed by atoms with Crippen molar-refractivity contribution in [3.05, 3.63) is 0 Å². The molecular formula is C13H31NO3. The van der Waals surface area contributed by atoms with E-state index in [2.05, 4.69) is 0 Å². The predicted molar refractivity (Wildman–Crippen MR) is 72.1 cm³/mol. The molecule has 0 amide bonds. The van der Waals surface area contributed by atoms with Gasteiger partial charge in [0.25, 0.3) is 0 Å². The second-order valence-electron chi connectivity index (χ2n) is 3.77. The van der Waals surface area contributed by atoms with Gasteiger partial charge < -0.3 is 20.3 Å². The van der Waals surface area contributed by atoms with Gasteiger partial charge in [-0.25, -0.2) is 0 Å². The van der Waals surface area contributed by atoms with E-state index in [9.17, 15) is 5.11 Å². The number of ether oxygens (including phenoxy) is 2. The largest absolute Gasteiger partial charge is 0.390 e. The van der Waals surface area contributed by atoms with E-state index in [4.69, 9.17) is 15.2 Å². The maximum absolute atomic E-state index is 9.80. The summed E-state index contributed by atoms with van der Waals surface area (Å²) in [5.74, 6) is 0.173. The molecule has 0 unspecified atom stereocenters. The number of methoxy groups -OCH3 is 2. The van der Waals surface area contributed by atoms with Crippen LogP contribution in [0.2, 0.25) is 0 Å². The van der Waals surface area contributed by atoms with Gasteiger partial charge in [-0.2, -0.15) is 0 Å². The van der Waals surface area contributed by atoms with E-state index in [-0.39, 0.29) is 24.2 Å². The molecule has 106 valence electrons. The van der Waals surface area contributed by atoms with Gasteiger partial charge in [-0.3, -0.25) is 0 Å². The quantitative estimate of drug-likeness (QED) is 0.783. The summed E-state index contributed by atoms with van der Waals surface area (Å²) in [5, 5.41) is 9.80. The molecule has 0 spiro atoms. The van der Waals surface area contributed by atoms with Crippen molar-refractivity contribution in [2.24, 2.45) is 11.7 Å². The highest BCUT2D eigenvalue weighted by molar-refractivity contribution is 4.94. The fraction of sp³-hybridized carbons (Fsp3) is 1.00. The monoisotopic (exact) mass is 249 g/mol. The van der Waals surface area contributed by atoms with E-state index in [0.717, 1.165) is 6.42 Å². The number of aliphatic hydroxyl groups is 1. The van der Waals surface area contributed by atoms with Gasteiger partial charge in [-0.1, -0.05) is 34.6 Å². The number of rotatable bonds is 2. The van der Waals surface area contributed by atoms with Crippen molar-refractivity contribution < 1.29 is 14.6 Å². The fourth-order valence-electron chi connectivity index (χ4n) is 2.05. The molecule has 4 nitrogen and oxygen atoms in total. The zero-order chi connectivity index (χ0) is 14.0. The van der Waals surface area contributed by atoms with Gasteiger partial charge in [0, 0.05) is 20.3 Å². The maximum atomic E-state index is 9.80. The Kier molecular flexibility index (Phi) is 12.4. The molecule has 0 heterocycles. The Morgan fingerprint density at radius 3 is 1.76 bits per heavy atom. The Morgan fingerprint density at radius 2 is 1.41 bits per heavy atom. The molecule has 1 saturated carbocycles. The van der Waals surface area contributed by atoms with Crippen LogP contribution in [-0.2, 0) is 9.47 Å². The summed E-state index contributed by atoms with van der Waals surface area (Å²) in [6.07, 6.45) is -0.200. The van der Waals surface area contributed by atoms with Crippen molar-refractivity contribution in [2.75, 3.05) is 14.2 Å². The van der Waals surface area contributed by atoms with Crippen LogP contribution in [0.25, 0.3) is 0 Å². The zero-order valence-corrected chi connectivity index (χ0v) is 12.4. The molecule has 0 aromatic rings. The lowest BCUT2D eigenvalue weighted by molar-refractivity contribution is -0.141. The third-order valence-electron chi connectivity index (χ3n) is 2.85. The number of hydrogen-bond acceptors (Lipinski definition) is 4. The molecule has 0 aromatic carbocycles. The lowest BCUT2D eigenvalue weighted by atomic mass is 9.81. The number of aliphatic hydroxyl groups excluding tert-OH is 1. The van der Waals surface area contributed by atoms with E-state index < -0.39 is 6.10 Å². The van der Waals surface area contributed by atoms with Crippen LogP contribution in [0, 0.1) is 5.92 Å². The molecule has 0 aromatic heterocycles. The average molecular weight is 249 g/mol. The lowest BCUT2D eigenvalue weighted by Gasteiger charge is -2.41. The van der Waals surface area contributed by atoms with E-state index in [1.807, 2.05) is 34.6 Å². The second kappa shape index (κ2) is 11.0. The molecule has 1 aliphatic rings. The van der Waals surface area contributed by atoms with Gasteiger partial charge in [0.15, 0.2) is 0 Å².